The molecule has 1 heterocycles. The normalized spacial score (nSPS) is 12.7. The van der Waals surface area contributed by atoms with Gasteiger partial charge in [-0.05, 0) is 93.5 Å². The quantitative estimate of drug-likeness (QED) is 0.0974. The first-order valence-corrected chi connectivity index (χ1v) is 12.6. The van der Waals surface area contributed by atoms with Crippen molar-refractivity contribution < 1.29 is 23.9 Å². The summed E-state index contributed by atoms with van der Waals surface area (Å²) in [7, 11) is 1.56. The van der Waals surface area contributed by atoms with Crippen molar-refractivity contribution >= 4 is 87.2 Å². The number of rotatable bonds is 5. The van der Waals surface area contributed by atoms with Crippen molar-refractivity contribution in [1.29, 1.82) is 0 Å². The summed E-state index contributed by atoms with van der Waals surface area (Å²) in [4.78, 5) is 40.2. The van der Waals surface area contributed by atoms with Crippen molar-refractivity contribution in [2.45, 2.75) is 6.42 Å². The third kappa shape index (κ3) is 4.41. The second kappa shape index (κ2) is 9.69. The van der Waals surface area contributed by atoms with Crippen molar-refractivity contribution in [3.05, 3.63) is 83.1 Å². The highest BCUT2D eigenvalue weighted by Crippen LogP contribution is 2.47. The van der Waals surface area contributed by atoms with Crippen molar-refractivity contribution in [3.63, 3.8) is 0 Å². The van der Waals surface area contributed by atoms with Gasteiger partial charge in [-0.15, -0.1) is 0 Å². The molecule has 168 valence electrons. The average Bonchev–Trinajstić information content (AvgIpc) is 3.07. The molecular weight excluding hydrogens is 690 g/mol. The minimum Gasteiger partial charge on any atom is -0.497 e. The fourth-order valence-electron chi connectivity index (χ4n) is 3.36. The first-order valence-electron chi connectivity index (χ1n) is 9.42. The van der Waals surface area contributed by atoms with Gasteiger partial charge in [0.15, 0.2) is 5.75 Å². The summed E-state index contributed by atoms with van der Waals surface area (Å²) in [5.41, 5.74) is 1.34. The lowest BCUT2D eigenvalue weighted by molar-refractivity contribution is -0.133. The van der Waals surface area contributed by atoms with Crippen LogP contribution in [0.2, 0.25) is 0 Å². The molecule has 0 atom stereocenters. The Morgan fingerprint density at radius 1 is 0.818 bits per heavy atom. The van der Waals surface area contributed by atoms with E-state index in [1.807, 2.05) is 0 Å². The molecule has 1 aliphatic heterocycles. The summed E-state index contributed by atoms with van der Waals surface area (Å²) in [6, 6.07) is 13.5. The van der Waals surface area contributed by atoms with Gasteiger partial charge in [0.05, 0.1) is 30.3 Å². The van der Waals surface area contributed by atoms with Crippen LogP contribution in [0.15, 0.2) is 66.4 Å². The molecule has 3 aromatic rings. The molecule has 2 amide bonds. The highest BCUT2D eigenvalue weighted by molar-refractivity contribution is 9.15. The Bertz CT molecular complexity index is 1260. The number of methoxy groups -OCH3 is 1. The van der Waals surface area contributed by atoms with Gasteiger partial charge in [-0.3, -0.25) is 14.4 Å². The number of nitrogens with zero attached hydrogens (tertiary/aromatic N) is 1. The minimum atomic E-state index is -0.533. The third-order valence-corrected chi connectivity index (χ3v) is 9.71. The zero-order valence-electron chi connectivity index (χ0n) is 16.8. The van der Waals surface area contributed by atoms with Crippen molar-refractivity contribution in [2.75, 3.05) is 12.0 Å². The van der Waals surface area contributed by atoms with Gasteiger partial charge in [0.2, 0.25) is 0 Å². The molecule has 0 radical (unpaired) electrons. The third-order valence-electron chi connectivity index (χ3n) is 4.94. The molecule has 0 aromatic heterocycles. The Morgan fingerprint density at radius 3 is 1.91 bits per heavy atom. The van der Waals surface area contributed by atoms with E-state index >= 15 is 0 Å². The van der Waals surface area contributed by atoms with Crippen LogP contribution < -0.4 is 14.4 Å². The van der Waals surface area contributed by atoms with Crippen molar-refractivity contribution in [3.8, 4) is 11.5 Å². The summed E-state index contributed by atoms with van der Waals surface area (Å²) in [6.45, 7) is 0. The first-order chi connectivity index (χ1) is 15.7. The van der Waals surface area contributed by atoms with E-state index in [0.29, 0.717) is 23.6 Å². The number of hydrogen-bond acceptors (Lipinski definition) is 5. The number of imide groups is 1. The smallest absolute Gasteiger partial charge is 0.315 e. The number of carbonyl (C=O) groups is 3. The van der Waals surface area contributed by atoms with Crippen LogP contribution >= 0.6 is 63.7 Å². The summed E-state index contributed by atoms with van der Waals surface area (Å²) in [5.74, 6) is -0.810. The lowest BCUT2D eigenvalue weighted by Crippen LogP contribution is -2.30. The summed E-state index contributed by atoms with van der Waals surface area (Å²) < 4.78 is 12.8. The van der Waals surface area contributed by atoms with Gasteiger partial charge < -0.3 is 9.47 Å². The van der Waals surface area contributed by atoms with E-state index in [9.17, 15) is 14.4 Å². The number of benzene rings is 3. The number of anilines is 1. The zero-order valence-corrected chi connectivity index (χ0v) is 23.2. The lowest BCUT2D eigenvalue weighted by Gasteiger charge is -2.17. The molecule has 10 heteroatoms. The molecule has 0 saturated carbocycles. The molecule has 1 aliphatic rings. The standard InChI is InChI=1S/C23H13Br4NO5/c1-32-12-8-6-11(7-9-12)10-15(29)33-14-5-3-2-4-13(14)28-22(30)16-17(23(28)31)19(25)21(27)20(26)18(16)24/h2-9H,10H2,1H3. The molecule has 0 aliphatic carbocycles. The molecule has 0 fully saturated rings. The van der Waals surface area contributed by atoms with Crippen LogP contribution in [-0.4, -0.2) is 24.9 Å². The van der Waals surface area contributed by atoms with E-state index < -0.39 is 17.8 Å². The highest BCUT2D eigenvalue weighted by atomic mass is 79.9. The van der Waals surface area contributed by atoms with Crippen LogP contribution in [0.25, 0.3) is 0 Å². The number of halogens is 4. The summed E-state index contributed by atoms with van der Waals surface area (Å²) >= 11 is 13.6. The van der Waals surface area contributed by atoms with Gasteiger partial charge in [0.25, 0.3) is 11.8 Å². The maximum absolute atomic E-state index is 13.3. The topological polar surface area (TPSA) is 72.9 Å². The monoisotopic (exact) mass is 699 g/mol. The van der Waals surface area contributed by atoms with E-state index in [1.165, 1.54) is 0 Å². The predicted octanol–water partition coefficient (Wildman–Crippen LogP) is 6.69. The molecule has 3 aromatic carbocycles. The van der Waals surface area contributed by atoms with Crippen LogP contribution in [0.1, 0.15) is 26.3 Å². The number of ether oxygens (including phenoxy) is 2. The fourth-order valence-corrected chi connectivity index (χ4v) is 5.82. The van der Waals surface area contributed by atoms with Gasteiger partial charge in [-0.2, -0.15) is 0 Å². The zero-order chi connectivity index (χ0) is 23.9. The minimum absolute atomic E-state index is 0.0113. The predicted molar refractivity (Wildman–Crippen MR) is 137 cm³/mol. The molecule has 0 unspecified atom stereocenters. The van der Waals surface area contributed by atoms with Gasteiger partial charge in [-0.1, -0.05) is 24.3 Å². The molecule has 6 nitrogen and oxygen atoms in total. The second-order valence-electron chi connectivity index (χ2n) is 6.92. The Hall–Kier alpha value is -2.01. The van der Waals surface area contributed by atoms with E-state index in [2.05, 4.69) is 63.7 Å². The van der Waals surface area contributed by atoms with E-state index in [0.717, 1.165) is 10.5 Å². The maximum Gasteiger partial charge on any atom is 0.315 e. The van der Waals surface area contributed by atoms with Gasteiger partial charge in [0, 0.05) is 17.9 Å². The highest BCUT2D eigenvalue weighted by Gasteiger charge is 2.43. The van der Waals surface area contributed by atoms with Crippen LogP contribution in [0, 0.1) is 0 Å². The molecule has 0 saturated heterocycles. The summed E-state index contributed by atoms with van der Waals surface area (Å²) in [6.07, 6.45) is 0.0113. The Morgan fingerprint density at radius 2 is 1.36 bits per heavy atom. The molecule has 33 heavy (non-hydrogen) atoms. The summed E-state index contributed by atoms with van der Waals surface area (Å²) in [5, 5.41) is 0. The maximum atomic E-state index is 13.3. The second-order valence-corrected chi connectivity index (χ2v) is 10.1. The Kier molecular flexibility index (Phi) is 7.09. The van der Waals surface area contributed by atoms with Crippen molar-refractivity contribution in [1.82, 2.24) is 0 Å². The van der Waals surface area contributed by atoms with E-state index in [-0.39, 0.29) is 29.0 Å². The SMILES string of the molecule is COc1ccc(CC(=O)Oc2ccccc2N2C(=O)c3c(Br)c(Br)c(Br)c(Br)c3C2=O)cc1. The molecule has 0 N–H and O–H groups in total. The Balaban J connectivity index is 1.65. The fraction of sp³-hybridized carbons (Fsp3) is 0.0870. The number of hydrogen-bond donors (Lipinski definition) is 0. The first kappa shape index (κ1) is 24.1. The number of amides is 2. The molecule has 0 spiro atoms. The van der Waals surface area contributed by atoms with Crippen molar-refractivity contribution in [2.24, 2.45) is 0 Å². The number of carbonyl (C=O) groups excluding carboxylic acids is 3. The number of fused-ring (bicyclic) bond motifs is 1. The van der Waals surface area contributed by atoms with Crippen LogP contribution in [-0.2, 0) is 11.2 Å². The Labute approximate surface area is 222 Å². The van der Waals surface area contributed by atoms with E-state index in [1.54, 1.807) is 55.6 Å². The van der Waals surface area contributed by atoms with Gasteiger partial charge in [0.1, 0.15) is 5.75 Å². The number of esters is 1. The van der Waals surface area contributed by atoms with Crippen LogP contribution in [0.3, 0.4) is 0 Å². The number of para-hydroxylation sites is 2. The molecule has 0 bridgehead atoms. The largest absolute Gasteiger partial charge is 0.497 e. The van der Waals surface area contributed by atoms with Crippen LogP contribution in [0.4, 0.5) is 5.69 Å². The average molecular weight is 703 g/mol. The van der Waals surface area contributed by atoms with Gasteiger partial charge in [-0.25, -0.2) is 4.90 Å². The van der Waals surface area contributed by atoms with Gasteiger partial charge >= 0.3 is 5.97 Å². The molecule has 4 rings (SSSR count). The van der Waals surface area contributed by atoms with Crippen LogP contribution in [0.5, 0.6) is 11.5 Å². The lowest BCUT2D eigenvalue weighted by atomic mass is 10.1. The van der Waals surface area contributed by atoms with E-state index in [4.69, 9.17) is 9.47 Å². The molecular formula is C23H13Br4NO5.